The molecule has 1 aliphatic rings. The molecular formula is C14H22N2O. The van der Waals surface area contributed by atoms with Gasteiger partial charge in [0.1, 0.15) is 0 Å². The predicted molar refractivity (Wildman–Crippen MR) is 71.0 cm³/mol. The van der Waals surface area contributed by atoms with E-state index >= 15 is 0 Å². The largest absolute Gasteiger partial charge is 0.399 e. The highest BCUT2D eigenvalue weighted by Crippen LogP contribution is 2.20. The van der Waals surface area contributed by atoms with E-state index in [0.717, 1.165) is 38.4 Å². The van der Waals surface area contributed by atoms with Crippen LogP contribution in [0.2, 0.25) is 0 Å². The standard InChI is InChI=1S/C14H22N2O/c1-14(2)11-17-10-9-16(14)8-7-12-5-3-4-6-13(12)15/h3-6H,7-11,15H2,1-2H3. The van der Waals surface area contributed by atoms with Crippen molar-refractivity contribution in [2.45, 2.75) is 25.8 Å². The molecule has 0 aliphatic carbocycles. The molecule has 1 aromatic carbocycles. The summed E-state index contributed by atoms with van der Waals surface area (Å²) in [7, 11) is 0. The van der Waals surface area contributed by atoms with Crippen LogP contribution in [0.25, 0.3) is 0 Å². The van der Waals surface area contributed by atoms with Crippen LogP contribution in [0.5, 0.6) is 0 Å². The average Bonchev–Trinajstić information content (AvgIpc) is 2.29. The molecule has 0 bridgehead atoms. The van der Waals surface area contributed by atoms with Gasteiger partial charge in [0.05, 0.1) is 13.2 Å². The molecule has 0 aromatic heterocycles. The Bertz CT molecular complexity index is 376. The number of para-hydroxylation sites is 1. The lowest BCUT2D eigenvalue weighted by Crippen LogP contribution is -2.53. The van der Waals surface area contributed by atoms with E-state index in [1.54, 1.807) is 0 Å². The second-order valence-corrected chi connectivity index (χ2v) is 5.30. The maximum Gasteiger partial charge on any atom is 0.0645 e. The normalized spacial score (nSPS) is 20.4. The second kappa shape index (κ2) is 5.07. The Labute approximate surface area is 104 Å². The first-order valence-corrected chi connectivity index (χ1v) is 6.26. The summed E-state index contributed by atoms with van der Waals surface area (Å²) >= 11 is 0. The molecule has 2 N–H and O–H groups in total. The molecule has 94 valence electrons. The molecule has 17 heavy (non-hydrogen) atoms. The fourth-order valence-electron chi connectivity index (χ4n) is 2.32. The van der Waals surface area contributed by atoms with Crippen molar-refractivity contribution in [3.8, 4) is 0 Å². The summed E-state index contributed by atoms with van der Waals surface area (Å²) in [5, 5.41) is 0. The SMILES string of the molecule is CC1(C)COCCN1CCc1ccccc1N. The molecule has 3 nitrogen and oxygen atoms in total. The van der Waals surface area contributed by atoms with Crippen LogP contribution in [0.4, 0.5) is 5.69 Å². The summed E-state index contributed by atoms with van der Waals surface area (Å²) in [4.78, 5) is 2.49. The number of rotatable bonds is 3. The van der Waals surface area contributed by atoms with Crippen molar-refractivity contribution in [3.63, 3.8) is 0 Å². The Morgan fingerprint density at radius 1 is 1.35 bits per heavy atom. The molecule has 0 radical (unpaired) electrons. The summed E-state index contributed by atoms with van der Waals surface area (Å²) in [5.41, 5.74) is 8.25. The highest BCUT2D eigenvalue weighted by molar-refractivity contribution is 5.46. The Morgan fingerprint density at radius 3 is 2.82 bits per heavy atom. The fourth-order valence-corrected chi connectivity index (χ4v) is 2.32. The van der Waals surface area contributed by atoms with E-state index in [9.17, 15) is 0 Å². The van der Waals surface area contributed by atoms with Crippen LogP contribution in [0.3, 0.4) is 0 Å². The van der Waals surface area contributed by atoms with E-state index in [-0.39, 0.29) is 5.54 Å². The number of hydrogen-bond acceptors (Lipinski definition) is 3. The van der Waals surface area contributed by atoms with Crippen LogP contribution < -0.4 is 5.73 Å². The quantitative estimate of drug-likeness (QED) is 0.812. The summed E-state index contributed by atoms with van der Waals surface area (Å²) in [5.74, 6) is 0. The third-order valence-corrected chi connectivity index (χ3v) is 3.52. The molecule has 1 heterocycles. The molecule has 0 saturated carbocycles. The Hall–Kier alpha value is -1.06. The molecule has 0 amide bonds. The fraction of sp³-hybridized carbons (Fsp3) is 0.571. The highest BCUT2D eigenvalue weighted by Gasteiger charge is 2.29. The van der Waals surface area contributed by atoms with Gasteiger partial charge in [0, 0.05) is 24.3 Å². The first-order valence-electron chi connectivity index (χ1n) is 6.26. The van der Waals surface area contributed by atoms with Crippen molar-refractivity contribution in [1.29, 1.82) is 0 Å². The van der Waals surface area contributed by atoms with Crippen LogP contribution in [-0.2, 0) is 11.2 Å². The topological polar surface area (TPSA) is 38.5 Å². The van der Waals surface area contributed by atoms with Gasteiger partial charge in [-0.05, 0) is 31.9 Å². The van der Waals surface area contributed by atoms with E-state index < -0.39 is 0 Å². The van der Waals surface area contributed by atoms with Gasteiger partial charge in [-0.25, -0.2) is 0 Å². The first-order chi connectivity index (χ1) is 8.09. The van der Waals surface area contributed by atoms with Gasteiger partial charge >= 0.3 is 0 Å². The van der Waals surface area contributed by atoms with Crippen LogP contribution in [0, 0.1) is 0 Å². The lowest BCUT2D eigenvalue weighted by atomic mass is 10.0. The maximum absolute atomic E-state index is 5.96. The smallest absolute Gasteiger partial charge is 0.0645 e. The van der Waals surface area contributed by atoms with Gasteiger partial charge in [-0.1, -0.05) is 18.2 Å². The van der Waals surface area contributed by atoms with Gasteiger partial charge in [0.2, 0.25) is 0 Å². The lowest BCUT2D eigenvalue weighted by molar-refractivity contribution is -0.0501. The minimum Gasteiger partial charge on any atom is -0.399 e. The van der Waals surface area contributed by atoms with Gasteiger partial charge in [-0.2, -0.15) is 0 Å². The number of nitrogens with two attached hydrogens (primary N) is 1. The summed E-state index contributed by atoms with van der Waals surface area (Å²) in [6.45, 7) is 8.19. The zero-order valence-corrected chi connectivity index (χ0v) is 10.8. The first kappa shape index (κ1) is 12.4. The zero-order valence-electron chi connectivity index (χ0n) is 10.8. The third-order valence-electron chi connectivity index (χ3n) is 3.52. The Balaban J connectivity index is 1.96. The van der Waals surface area contributed by atoms with E-state index in [1.807, 2.05) is 12.1 Å². The molecule has 1 saturated heterocycles. The van der Waals surface area contributed by atoms with Crippen molar-refractivity contribution in [1.82, 2.24) is 4.90 Å². The van der Waals surface area contributed by atoms with Crippen LogP contribution in [0.15, 0.2) is 24.3 Å². The predicted octanol–water partition coefficient (Wildman–Crippen LogP) is 1.92. The Kier molecular flexibility index (Phi) is 3.69. The van der Waals surface area contributed by atoms with Crippen molar-refractivity contribution >= 4 is 5.69 Å². The number of morpholine rings is 1. The molecular weight excluding hydrogens is 212 g/mol. The van der Waals surface area contributed by atoms with E-state index in [0.29, 0.717) is 0 Å². The summed E-state index contributed by atoms with van der Waals surface area (Å²) < 4.78 is 5.52. The van der Waals surface area contributed by atoms with Crippen molar-refractivity contribution < 1.29 is 4.74 Å². The van der Waals surface area contributed by atoms with E-state index in [2.05, 4.69) is 30.9 Å². The molecule has 2 rings (SSSR count). The third kappa shape index (κ3) is 2.99. The average molecular weight is 234 g/mol. The number of hydrogen-bond donors (Lipinski definition) is 1. The van der Waals surface area contributed by atoms with Crippen molar-refractivity contribution in [2.75, 3.05) is 32.0 Å². The number of nitrogen functional groups attached to an aromatic ring is 1. The minimum atomic E-state index is 0.141. The monoisotopic (exact) mass is 234 g/mol. The zero-order chi connectivity index (χ0) is 12.3. The number of anilines is 1. The number of benzene rings is 1. The number of nitrogens with zero attached hydrogens (tertiary/aromatic N) is 1. The molecule has 1 aromatic rings. The molecule has 1 fully saturated rings. The van der Waals surface area contributed by atoms with Crippen molar-refractivity contribution in [2.24, 2.45) is 0 Å². The number of ether oxygens (including phenoxy) is 1. The van der Waals surface area contributed by atoms with Gasteiger partial charge in [0.15, 0.2) is 0 Å². The summed E-state index contributed by atoms with van der Waals surface area (Å²) in [6, 6.07) is 8.12. The minimum absolute atomic E-state index is 0.141. The highest BCUT2D eigenvalue weighted by atomic mass is 16.5. The maximum atomic E-state index is 5.96. The van der Waals surface area contributed by atoms with Crippen LogP contribution in [0.1, 0.15) is 19.4 Å². The van der Waals surface area contributed by atoms with Gasteiger partial charge < -0.3 is 10.5 Å². The van der Waals surface area contributed by atoms with Crippen LogP contribution in [-0.4, -0.2) is 36.7 Å². The van der Waals surface area contributed by atoms with Crippen molar-refractivity contribution in [3.05, 3.63) is 29.8 Å². The lowest BCUT2D eigenvalue weighted by Gasteiger charge is -2.42. The summed E-state index contributed by atoms with van der Waals surface area (Å²) in [6.07, 6.45) is 1.01. The molecule has 1 aliphatic heterocycles. The molecule has 0 unspecified atom stereocenters. The second-order valence-electron chi connectivity index (χ2n) is 5.30. The Morgan fingerprint density at radius 2 is 2.12 bits per heavy atom. The molecule has 0 spiro atoms. The van der Waals surface area contributed by atoms with Crippen LogP contribution >= 0.6 is 0 Å². The molecule has 3 heteroatoms. The van der Waals surface area contributed by atoms with Gasteiger partial charge in [-0.3, -0.25) is 4.90 Å². The van der Waals surface area contributed by atoms with E-state index in [1.165, 1.54) is 5.56 Å². The van der Waals surface area contributed by atoms with E-state index in [4.69, 9.17) is 10.5 Å². The molecule has 0 atom stereocenters. The van der Waals surface area contributed by atoms with Gasteiger partial charge in [0.25, 0.3) is 0 Å². The van der Waals surface area contributed by atoms with Gasteiger partial charge in [-0.15, -0.1) is 0 Å².